The number of hydrogen-bond donors (Lipinski definition) is 0. The molecule has 2 aromatic heterocycles. The molecule has 0 aliphatic rings. The van der Waals surface area contributed by atoms with E-state index in [9.17, 15) is 4.21 Å². The predicted molar refractivity (Wildman–Crippen MR) is 98.7 cm³/mol. The van der Waals surface area contributed by atoms with E-state index in [0.717, 1.165) is 11.4 Å². The summed E-state index contributed by atoms with van der Waals surface area (Å²) in [6.45, 7) is 3.88. The van der Waals surface area contributed by atoms with Gasteiger partial charge in [0.15, 0.2) is 0 Å². The average Bonchev–Trinajstić information content (AvgIpc) is 2.92. The molecule has 24 heavy (non-hydrogen) atoms. The first-order valence-corrected chi connectivity index (χ1v) is 10.2. The van der Waals surface area contributed by atoms with E-state index in [1.807, 2.05) is 19.9 Å². The van der Waals surface area contributed by atoms with Gasteiger partial charge in [0.1, 0.15) is 0 Å². The zero-order chi connectivity index (χ0) is 17.3. The van der Waals surface area contributed by atoms with Gasteiger partial charge in [0.05, 0.1) is 20.7 Å². The van der Waals surface area contributed by atoms with E-state index in [1.54, 1.807) is 22.7 Å². The quantitative estimate of drug-likeness (QED) is 0.606. The van der Waals surface area contributed by atoms with Crippen LogP contribution in [-0.2, 0) is 10.8 Å². The smallest absolute Gasteiger partial charge is 0.253 e. The predicted octanol–water partition coefficient (Wildman–Crippen LogP) is 3.95. The monoisotopic (exact) mass is 400 g/mol. The van der Waals surface area contributed by atoms with Crippen LogP contribution in [-0.4, -0.2) is 35.3 Å². The van der Waals surface area contributed by atoms with E-state index in [-0.39, 0.29) is 0 Å². The van der Waals surface area contributed by atoms with Crippen molar-refractivity contribution in [2.24, 2.45) is 0 Å². The molecule has 126 valence electrons. The van der Waals surface area contributed by atoms with Crippen LogP contribution < -0.4 is 0 Å². The maximum Gasteiger partial charge on any atom is 0.253 e. The Hall–Kier alpha value is -1.15. The van der Waals surface area contributed by atoms with E-state index in [2.05, 4.69) is 15.1 Å². The van der Waals surface area contributed by atoms with Crippen molar-refractivity contribution in [2.75, 3.05) is 11.5 Å². The molecule has 1 aromatic carbocycles. The number of rotatable bonds is 5. The van der Waals surface area contributed by atoms with Gasteiger partial charge in [-0.05, 0) is 38.1 Å². The second-order valence-corrected chi connectivity index (χ2v) is 8.56. The van der Waals surface area contributed by atoms with Gasteiger partial charge in [-0.2, -0.15) is 4.98 Å². The largest absolute Gasteiger partial charge is 0.254 e. The molecule has 0 N–H and O–H groups in total. The van der Waals surface area contributed by atoms with Crippen LogP contribution in [0, 0.1) is 13.8 Å². The number of aromatic nitrogens is 4. The average molecular weight is 401 g/mol. The molecule has 0 spiro atoms. The lowest BCUT2D eigenvalue weighted by atomic mass is 10.4. The third kappa shape index (κ3) is 3.91. The SMILES string of the molecule is Cc1cc(C)n2nc(SCC[S@](=O)c3cc(Cl)ccc3Cl)nc2n1. The molecule has 0 unspecified atom stereocenters. The molecule has 0 amide bonds. The number of thioether (sulfide) groups is 1. The first-order chi connectivity index (χ1) is 11.4. The molecule has 0 saturated heterocycles. The first kappa shape index (κ1) is 17.7. The zero-order valence-electron chi connectivity index (χ0n) is 13.0. The van der Waals surface area contributed by atoms with Crippen LogP contribution in [0.3, 0.4) is 0 Å². The lowest BCUT2D eigenvalue weighted by Gasteiger charge is -2.04. The van der Waals surface area contributed by atoms with Gasteiger partial charge in [0.2, 0.25) is 5.16 Å². The molecular formula is C15H14Cl2N4OS2. The second kappa shape index (κ2) is 7.39. The van der Waals surface area contributed by atoms with Crippen LogP contribution in [0.1, 0.15) is 11.4 Å². The molecule has 0 aliphatic heterocycles. The Balaban J connectivity index is 1.67. The summed E-state index contributed by atoms with van der Waals surface area (Å²) in [4.78, 5) is 9.30. The van der Waals surface area contributed by atoms with Gasteiger partial charge < -0.3 is 0 Å². The lowest BCUT2D eigenvalue weighted by Crippen LogP contribution is -2.02. The normalized spacial score (nSPS) is 12.7. The molecule has 1 atom stereocenters. The van der Waals surface area contributed by atoms with Crippen molar-refractivity contribution < 1.29 is 4.21 Å². The minimum absolute atomic E-state index is 0.436. The minimum Gasteiger partial charge on any atom is -0.254 e. The van der Waals surface area contributed by atoms with Crippen molar-refractivity contribution in [3.8, 4) is 0 Å². The van der Waals surface area contributed by atoms with E-state index < -0.39 is 10.8 Å². The Morgan fingerprint density at radius 2 is 2.00 bits per heavy atom. The minimum atomic E-state index is -1.22. The van der Waals surface area contributed by atoms with Crippen molar-refractivity contribution in [2.45, 2.75) is 23.9 Å². The summed E-state index contributed by atoms with van der Waals surface area (Å²) in [6, 6.07) is 6.93. The van der Waals surface area contributed by atoms with E-state index in [4.69, 9.17) is 23.2 Å². The number of nitrogens with zero attached hydrogens (tertiary/aromatic N) is 4. The number of halogens is 2. The summed E-state index contributed by atoms with van der Waals surface area (Å²) in [6.07, 6.45) is 0. The Kier molecular flexibility index (Phi) is 5.44. The van der Waals surface area contributed by atoms with Gasteiger partial charge in [-0.1, -0.05) is 35.0 Å². The van der Waals surface area contributed by atoms with Crippen molar-refractivity contribution >= 4 is 51.5 Å². The van der Waals surface area contributed by atoms with E-state index in [1.165, 1.54) is 11.8 Å². The third-order valence-electron chi connectivity index (χ3n) is 3.24. The molecule has 2 heterocycles. The summed E-state index contributed by atoms with van der Waals surface area (Å²) >= 11 is 13.5. The molecule has 0 fully saturated rings. The van der Waals surface area contributed by atoms with Crippen molar-refractivity contribution in [1.82, 2.24) is 19.6 Å². The van der Waals surface area contributed by atoms with Gasteiger partial charge in [-0.3, -0.25) is 4.21 Å². The fraction of sp³-hybridized carbons (Fsp3) is 0.267. The van der Waals surface area contributed by atoms with Crippen molar-refractivity contribution in [1.29, 1.82) is 0 Å². The van der Waals surface area contributed by atoms with Gasteiger partial charge >= 0.3 is 0 Å². The molecular weight excluding hydrogens is 387 g/mol. The fourth-order valence-corrected chi connectivity index (χ4v) is 4.96. The Bertz CT molecular complexity index is 929. The highest BCUT2D eigenvalue weighted by Gasteiger charge is 2.12. The molecule has 5 nitrogen and oxygen atoms in total. The number of benzene rings is 1. The van der Waals surface area contributed by atoms with Crippen LogP contribution in [0.25, 0.3) is 5.78 Å². The highest BCUT2D eigenvalue weighted by Crippen LogP contribution is 2.25. The second-order valence-electron chi connectivity index (χ2n) is 5.12. The maximum absolute atomic E-state index is 12.4. The fourth-order valence-electron chi connectivity index (χ4n) is 2.18. The van der Waals surface area contributed by atoms with Crippen LogP contribution in [0.4, 0.5) is 0 Å². The Morgan fingerprint density at radius 1 is 1.21 bits per heavy atom. The number of aryl methyl sites for hydroxylation is 2. The van der Waals surface area contributed by atoms with Gasteiger partial charge in [-0.25, -0.2) is 9.50 Å². The summed E-state index contributed by atoms with van der Waals surface area (Å²) in [7, 11) is -1.22. The molecule has 0 radical (unpaired) electrons. The molecule has 3 rings (SSSR count). The number of fused-ring (bicyclic) bond motifs is 1. The van der Waals surface area contributed by atoms with E-state index in [0.29, 0.717) is 37.4 Å². The Labute approximate surface area is 156 Å². The van der Waals surface area contributed by atoms with Crippen LogP contribution in [0.15, 0.2) is 34.3 Å². The first-order valence-electron chi connectivity index (χ1n) is 7.11. The van der Waals surface area contributed by atoms with Crippen LogP contribution in [0.5, 0.6) is 0 Å². The topological polar surface area (TPSA) is 60.2 Å². The molecule has 0 bridgehead atoms. The standard InChI is InChI=1S/C15H14Cl2N4OS2/c1-9-7-10(2)21-14(18-9)19-15(20-21)23-5-6-24(22)13-8-11(16)3-4-12(13)17/h3-4,7-8H,5-6H2,1-2H3/t24-/m0/s1. The van der Waals surface area contributed by atoms with E-state index >= 15 is 0 Å². The summed E-state index contributed by atoms with van der Waals surface area (Å²) in [5, 5.41) is 6.02. The molecule has 0 saturated carbocycles. The third-order valence-corrected chi connectivity index (χ3v) is 6.42. The highest BCUT2D eigenvalue weighted by molar-refractivity contribution is 8.00. The highest BCUT2D eigenvalue weighted by atomic mass is 35.5. The zero-order valence-corrected chi connectivity index (χ0v) is 16.1. The Morgan fingerprint density at radius 3 is 2.79 bits per heavy atom. The molecule has 9 heteroatoms. The van der Waals surface area contributed by atoms with Crippen LogP contribution in [0.2, 0.25) is 10.0 Å². The van der Waals surface area contributed by atoms with Gasteiger partial charge in [0, 0.05) is 27.9 Å². The van der Waals surface area contributed by atoms with Gasteiger partial charge in [-0.15, -0.1) is 5.10 Å². The summed E-state index contributed by atoms with van der Waals surface area (Å²) < 4.78 is 14.1. The molecule has 0 aliphatic carbocycles. The number of hydrogen-bond acceptors (Lipinski definition) is 5. The summed E-state index contributed by atoms with van der Waals surface area (Å²) in [5.74, 6) is 1.62. The van der Waals surface area contributed by atoms with Crippen LogP contribution >= 0.6 is 35.0 Å². The lowest BCUT2D eigenvalue weighted by molar-refractivity contribution is 0.684. The van der Waals surface area contributed by atoms with Crippen molar-refractivity contribution in [3.63, 3.8) is 0 Å². The molecule has 3 aromatic rings. The maximum atomic E-state index is 12.4. The summed E-state index contributed by atoms with van der Waals surface area (Å²) in [5.41, 5.74) is 1.88. The van der Waals surface area contributed by atoms with Gasteiger partial charge in [0.25, 0.3) is 5.78 Å². The van der Waals surface area contributed by atoms with Crippen molar-refractivity contribution in [3.05, 3.63) is 45.7 Å².